The lowest BCUT2D eigenvalue weighted by Gasteiger charge is -2.38. The molecule has 6 nitrogen and oxygen atoms in total. The van der Waals surface area contributed by atoms with Crippen molar-refractivity contribution in [3.8, 4) is 0 Å². The molecule has 0 fully saturated rings. The first-order chi connectivity index (χ1) is 15.6. The van der Waals surface area contributed by atoms with Crippen LogP contribution in [0, 0.1) is 5.92 Å². The van der Waals surface area contributed by atoms with E-state index in [0.717, 1.165) is 60.6 Å². The molecule has 0 radical (unpaired) electrons. The summed E-state index contributed by atoms with van der Waals surface area (Å²) < 4.78 is 0. The van der Waals surface area contributed by atoms with Crippen LogP contribution in [-0.4, -0.2) is 12.4 Å². The van der Waals surface area contributed by atoms with Gasteiger partial charge in [0.1, 0.15) is 5.84 Å². The lowest BCUT2D eigenvalue weighted by Crippen LogP contribution is -2.46. The largest absolute Gasteiger partial charge is 0.356 e. The molecule has 2 aromatic rings. The average Bonchev–Trinajstić information content (AvgIpc) is 2.82. The van der Waals surface area contributed by atoms with Crippen LogP contribution in [-0.2, 0) is 6.42 Å². The Hall–Kier alpha value is -3.51. The molecular weight excluding hydrogens is 396 g/mol. The minimum atomic E-state index is 0.0342. The van der Waals surface area contributed by atoms with E-state index in [4.69, 9.17) is 11.7 Å². The standard InChI is InChI=1S/C26H34N6/c1-4-5-10-20(3)32-18-22(26(30-27)31-28)17-23-24(13-9-14-25(23)32)29-19(2)15-16-21-11-7-6-8-12-21/h6-9,11-16,22,29H,2-5,10,17-18,27-28H2,1H3,(H,30,31)/b16-15+. The van der Waals surface area contributed by atoms with Crippen molar-refractivity contribution >= 4 is 23.3 Å². The van der Waals surface area contributed by atoms with Gasteiger partial charge >= 0.3 is 0 Å². The number of allylic oxidation sites excluding steroid dienone is 2. The summed E-state index contributed by atoms with van der Waals surface area (Å²) in [6.07, 6.45) is 7.95. The number of hydrogen-bond donors (Lipinski definition) is 4. The number of benzene rings is 2. The van der Waals surface area contributed by atoms with E-state index < -0.39 is 0 Å². The Balaban J connectivity index is 1.89. The van der Waals surface area contributed by atoms with Crippen molar-refractivity contribution < 1.29 is 0 Å². The Morgan fingerprint density at radius 2 is 1.97 bits per heavy atom. The summed E-state index contributed by atoms with van der Waals surface area (Å²) in [4.78, 5) is 2.27. The molecule has 0 spiro atoms. The van der Waals surface area contributed by atoms with Gasteiger partial charge in [-0.25, -0.2) is 5.84 Å². The van der Waals surface area contributed by atoms with E-state index in [1.807, 2.05) is 30.4 Å². The van der Waals surface area contributed by atoms with Crippen molar-refractivity contribution in [2.24, 2.45) is 22.7 Å². The normalized spacial score (nSPS) is 16.0. The molecule has 1 aliphatic heterocycles. The van der Waals surface area contributed by atoms with Gasteiger partial charge in [0.05, 0.1) is 0 Å². The Morgan fingerprint density at radius 3 is 2.66 bits per heavy atom. The van der Waals surface area contributed by atoms with Gasteiger partial charge in [-0.05, 0) is 43.0 Å². The molecule has 0 amide bonds. The predicted molar refractivity (Wildman–Crippen MR) is 137 cm³/mol. The van der Waals surface area contributed by atoms with Gasteiger partial charge in [0, 0.05) is 40.8 Å². The maximum Gasteiger partial charge on any atom is 0.141 e. The Labute approximate surface area is 191 Å². The van der Waals surface area contributed by atoms with Crippen LogP contribution in [0.1, 0.15) is 37.3 Å². The number of nitrogens with two attached hydrogens (primary N) is 2. The van der Waals surface area contributed by atoms with Crippen molar-refractivity contribution in [1.82, 2.24) is 5.43 Å². The van der Waals surface area contributed by atoms with Gasteiger partial charge in [0.15, 0.2) is 0 Å². The second-order valence-electron chi connectivity index (χ2n) is 8.04. The number of amidine groups is 1. The number of hydrazine groups is 1. The van der Waals surface area contributed by atoms with Gasteiger partial charge in [-0.1, -0.05) is 69.0 Å². The number of rotatable bonds is 9. The molecule has 3 rings (SSSR count). The van der Waals surface area contributed by atoms with Gasteiger partial charge in [-0.3, -0.25) is 0 Å². The highest BCUT2D eigenvalue weighted by Crippen LogP contribution is 2.38. The highest BCUT2D eigenvalue weighted by atomic mass is 15.3. The quantitative estimate of drug-likeness (QED) is 0.152. The Kier molecular flexibility index (Phi) is 8.11. The first-order valence-electron chi connectivity index (χ1n) is 11.1. The van der Waals surface area contributed by atoms with E-state index in [1.165, 1.54) is 5.56 Å². The first kappa shape index (κ1) is 23.2. The summed E-state index contributed by atoms with van der Waals surface area (Å²) in [5.74, 6) is 11.9. The van der Waals surface area contributed by atoms with Gasteiger partial charge in [0.2, 0.25) is 0 Å². The molecule has 0 aliphatic carbocycles. The molecule has 6 N–H and O–H groups in total. The Morgan fingerprint density at radius 1 is 1.19 bits per heavy atom. The smallest absolute Gasteiger partial charge is 0.141 e. The fourth-order valence-electron chi connectivity index (χ4n) is 4.02. The Bertz CT molecular complexity index is 993. The topological polar surface area (TPSA) is 91.7 Å². The zero-order valence-electron chi connectivity index (χ0n) is 18.8. The monoisotopic (exact) mass is 430 g/mol. The van der Waals surface area contributed by atoms with Crippen molar-refractivity contribution in [3.63, 3.8) is 0 Å². The molecule has 0 aromatic heterocycles. The number of nitrogens with zero attached hydrogens (tertiary/aromatic N) is 2. The number of anilines is 2. The molecule has 1 aliphatic rings. The van der Waals surface area contributed by atoms with Crippen molar-refractivity contribution in [3.05, 3.63) is 90.3 Å². The van der Waals surface area contributed by atoms with E-state index in [1.54, 1.807) is 0 Å². The molecule has 0 saturated carbocycles. The summed E-state index contributed by atoms with van der Waals surface area (Å²) in [6, 6.07) is 16.5. The number of hydrogen-bond acceptors (Lipinski definition) is 5. The summed E-state index contributed by atoms with van der Waals surface area (Å²) in [6.45, 7) is 11.5. The first-order valence-corrected chi connectivity index (χ1v) is 11.1. The molecule has 0 bridgehead atoms. The molecule has 168 valence electrons. The zero-order valence-corrected chi connectivity index (χ0v) is 18.8. The second kappa shape index (κ2) is 11.2. The fraction of sp³-hybridized carbons (Fsp3) is 0.269. The van der Waals surface area contributed by atoms with E-state index in [-0.39, 0.29) is 5.92 Å². The summed E-state index contributed by atoms with van der Waals surface area (Å²) >= 11 is 0. The van der Waals surface area contributed by atoms with Crippen LogP contribution in [0.4, 0.5) is 11.4 Å². The van der Waals surface area contributed by atoms with Crippen molar-refractivity contribution in [2.45, 2.75) is 32.6 Å². The third-order valence-corrected chi connectivity index (χ3v) is 5.74. The SMILES string of the molecule is C=C(/C=C/c1ccccc1)Nc1cccc2c1CC(/C(=N/N)NN)CN2C(=C)CCCC. The third-order valence-electron chi connectivity index (χ3n) is 5.74. The molecule has 1 atom stereocenters. The van der Waals surface area contributed by atoms with E-state index >= 15 is 0 Å². The number of unbranched alkanes of at least 4 members (excludes halogenated alkanes) is 1. The van der Waals surface area contributed by atoms with Gasteiger partial charge in [-0.15, -0.1) is 0 Å². The zero-order chi connectivity index (χ0) is 22.9. The average molecular weight is 431 g/mol. The molecule has 32 heavy (non-hydrogen) atoms. The van der Waals surface area contributed by atoms with Crippen molar-refractivity contribution in [2.75, 3.05) is 16.8 Å². The fourth-order valence-corrected chi connectivity index (χ4v) is 4.02. The number of fused-ring (bicyclic) bond motifs is 1. The minimum Gasteiger partial charge on any atom is -0.356 e. The maximum atomic E-state index is 5.71. The van der Waals surface area contributed by atoms with Crippen LogP contribution in [0.25, 0.3) is 6.08 Å². The number of hydrazone groups is 1. The molecule has 1 unspecified atom stereocenters. The summed E-state index contributed by atoms with van der Waals surface area (Å²) in [5, 5.41) is 7.37. The maximum absolute atomic E-state index is 5.71. The van der Waals surface area contributed by atoms with Gasteiger partial charge in [-0.2, -0.15) is 5.10 Å². The van der Waals surface area contributed by atoms with Gasteiger partial charge < -0.3 is 21.5 Å². The van der Waals surface area contributed by atoms with Crippen LogP contribution in [0.5, 0.6) is 0 Å². The van der Waals surface area contributed by atoms with Crippen LogP contribution in [0.3, 0.4) is 0 Å². The summed E-state index contributed by atoms with van der Waals surface area (Å²) in [7, 11) is 0. The van der Waals surface area contributed by atoms with E-state index in [2.05, 4.69) is 71.2 Å². The molecule has 6 heteroatoms. The lowest BCUT2D eigenvalue weighted by molar-refractivity contribution is 0.606. The predicted octanol–water partition coefficient (Wildman–Crippen LogP) is 4.74. The van der Waals surface area contributed by atoms with Crippen molar-refractivity contribution in [1.29, 1.82) is 0 Å². The van der Waals surface area contributed by atoms with Crippen LogP contribution < -0.4 is 27.3 Å². The molecule has 0 saturated heterocycles. The molecule has 1 heterocycles. The van der Waals surface area contributed by atoms with Crippen LogP contribution in [0.2, 0.25) is 0 Å². The summed E-state index contributed by atoms with van der Waals surface area (Å²) in [5.41, 5.74) is 9.04. The number of nitrogens with one attached hydrogen (secondary N) is 2. The molecular formula is C26H34N6. The third kappa shape index (κ3) is 5.59. The highest BCUT2D eigenvalue weighted by Gasteiger charge is 2.30. The lowest BCUT2D eigenvalue weighted by atomic mass is 9.89. The minimum absolute atomic E-state index is 0.0342. The molecule has 2 aromatic carbocycles. The van der Waals surface area contributed by atoms with Crippen LogP contribution in [0.15, 0.2) is 84.3 Å². The van der Waals surface area contributed by atoms with E-state index in [9.17, 15) is 0 Å². The van der Waals surface area contributed by atoms with Crippen LogP contribution >= 0.6 is 0 Å². The van der Waals surface area contributed by atoms with Gasteiger partial charge in [0.25, 0.3) is 0 Å². The van der Waals surface area contributed by atoms with E-state index in [0.29, 0.717) is 5.84 Å². The highest BCUT2D eigenvalue weighted by molar-refractivity contribution is 5.87. The second-order valence-corrected chi connectivity index (χ2v) is 8.04.